The van der Waals surface area contributed by atoms with Gasteiger partial charge < -0.3 is 39.4 Å². The summed E-state index contributed by atoms with van der Waals surface area (Å²) in [6, 6.07) is 3.59. The predicted molar refractivity (Wildman–Crippen MR) is 186 cm³/mol. The monoisotopic (exact) mass is 726 g/mol. The number of aliphatic hydroxyl groups is 3. The Morgan fingerprint density at radius 2 is 1.08 bits per heavy atom. The molecule has 0 radical (unpaired) electrons. The van der Waals surface area contributed by atoms with Gasteiger partial charge in [-0.3, -0.25) is 38.8 Å². The zero-order valence-corrected chi connectivity index (χ0v) is 30.5. The third-order valence-corrected chi connectivity index (χ3v) is 9.29. The number of carbonyl (C=O) groups excluding carboxylic acids is 3. The molecule has 4 atom stereocenters. The molecule has 0 aromatic heterocycles. The van der Waals surface area contributed by atoms with Gasteiger partial charge in [0.1, 0.15) is 29.9 Å². The fourth-order valence-corrected chi connectivity index (χ4v) is 6.23. The van der Waals surface area contributed by atoms with Crippen LogP contribution >= 0.6 is 0 Å². The first-order valence-corrected chi connectivity index (χ1v) is 17.6. The Labute approximate surface area is 300 Å². The largest absolute Gasteiger partial charge is 0.494 e. The molecule has 0 amide bonds. The van der Waals surface area contributed by atoms with Crippen LogP contribution in [0.3, 0.4) is 0 Å². The van der Waals surface area contributed by atoms with Crippen molar-refractivity contribution in [2.45, 2.75) is 63.2 Å². The van der Waals surface area contributed by atoms with Crippen LogP contribution in [0.15, 0.2) is 24.3 Å². The summed E-state index contributed by atoms with van der Waals surface area (Å²) in [4.78, 5) is 57.7. The fraction of sp³-hybridized carbons (Fsp3) is 0.714. The molecule has 4 unspecified atom stereocenters. The SMILES string of the molecule is CCCCOc1cccc(CCCC(C(=O)O)N2CCN(C(CO)C(=O)OC)CCN(C(CO)C(=O)OC)CCN(C(CO)C(=O)OC)CC2)c1. The number of carbonyl (C=O) groups is 4. The van der Waals surface area contributed by atoms with Gasteiger partial charge in [0.2, 0.25) is 0 Å². The van der Waals surface area contributed by atoms with Crippen molar-refractivity contribution in [2.75, 3.05) is 100 Å². The molecular formula is C35H58N4O12. The lowest BCUT2D eigenvalue weighted by atomic mass is 10.0. The number of unbranched alkanes of at least 4 members (excludes halogenated alkanes) is 1. The molecule has 51 heavy (non-hydrogen) atoms. The average Bonchev–Trinajstić information content (AvgIpc) is 3.13. The molecule has 16 heteroatoms. The summed E-state index contributed by atoms with van der Waals surface area (Å²) in [7, 11) is 3.62. The van der Waals surface area contributed by atoms with Crippen LogP contribution in [-0.2, 0) is 39.8 Å². The fourth-order valence-electron chi connectivity index (χ4n) is 6.23. The van der Waals surface area contributed by atoms with Gasteiger partial charge in [-0.15, -0.1) is 0 Å². The summed E-state index contributed by atoms with van der Waals surface area (Å²) >= 11 is 0. The summed E-state index contributed by atoms with van der Waals surface area (Å²) in [5.74, 6) is -2.32. The van der Waals surface area contributed by atoms with E-state index < -0.39 is 67.9 Å². The van der Waals surface area contributed by atoms with Gasteiger partial charge >= 0.3 is 23.9 Å². The summed E-state index contributed by atoms with van der Waals surface area (Å²) in [6.45, 7) is 2.07. The number of ether oxygens (including phenoxy) is 4. The van der Waals surface area contributed by atoms with Crippen LogP contribution in [0.4, 0.5) is 0 Å². The van der Waals surface area contributed by atoms with Crippen molar-refractivity contribution in [1.29, 1.82) is 0 Å². The van der Waals surface area contributed by atoms with E-state index >= 15 is 0 Å². The number of aliphatic carboxylic acids is 1. The van der Waals surface area contributed by atoms with Crippen molar-refractivity contribution < 1.29 is 58.6 Å². The first-order chi connectivity index (χ1) is 24.6. The van der Waals surface area contributed by atoms with Crippen molar-refractivity contribution in [3.63, 3.8) is 0 Å². The van der Waals surface area contributed by atoms with Crippen molar-refractivity contribution in [3.05, 3.63) is 29.8 Å². The first kappa shape index (κ1) is 43.8. The van der Waals surface area contributed by atoms with Crippen LogP contribution in [0.5, 0.6) is 5.75 Å². The second-order valence-electron chi connectivity index (χ2n) is 12.4. The van der Waals surface area contributed by atoms with E-state index in [9.17, 15) is 39.6 Å². The minimum absolute atomic E-state index is 0.118. The number of aliphatic hydroxyl groups excluding tert-OH is 3. The normalized spacial score (nSPS) is 18.3. The molecule has 16 nitrogen and oxygen atoms in total. The van der Waals surface area contributed by atoms with Gasteiger partial charge in [0.25, 0.3) is 0 Å². The lowest BCUT2D eigenvalue weighted by molar-refractivity contribution is -0.153. The van der Waals surface area contributed by atoms with Crippen molar-refractivity contribution >= 4 is 23.9 Å². The Morgan fingerprint density at radius 3 is 1.43 bits per heavy atom. The van der Waals surface area contributed by atoms with E-state index in [2.05, 4.69) is 6.92 Å². The van der Waals surface area contributed by atoms with E-state index in [1.54, 1.807) is 19.6 Å². The van der Waals surface area contributed by atoms with Crippen LogP contribution < -0.4 is 4.74 Å². The Balaban J connectivity index is 2.43. The van der Waals surface area contributed by atoms with Crippen LogP contribution in [-0.4, -0.2) is 188 Å². The third kappa shape index (κ3) is 13.9. The molecule has 1 fully saturated rings. The zero-order chi connectivity index (χ0) is 37.8. The highest BCUT2D eigenvalue weighted by atomic mass is 16.5. The van der Waals surface area contributed by atoms with Gasteiger partial charge in [-0.2, -0.15) is 0 Å². The maximum Gasteiger partial charge on any atom is 0.325 e. The molecule has 1 aliphatic rings. The van der Waals surface area contributed by atoms with Gasteiger partial charge in [0.05, 0.1) is 47.8 Å². The number of hydrogen-bond acceptors (Lipinski definition) is 15. The second kappa shape index (κ2) is 24.0. The van der Waals surface area contributed by atoms with Crippen molar-refractivity contribution in [3.8, 4) is 5.75 Å². The van der Waals surface area contributed by atoms with E-state index in [1.807, 2.05) is 24.3 Å². The molecule has 0 saturated carbocycles. The number of carboxylic acids is 1. The number of benzene rings is 1. The number of aryl methyl sites for hydroxylation is 1. The minimum atomic E-state index is -1.07. The highest BCUT2D eigenvalue weighted by Crippen LogP contribution is 2.19. The van der Waals surface area contributed by atoms with Crippen molar-refractivity contribution in [1.82, 2.24) is 19.6 Å². The number of nitrogens with zero attached hydrogens (tertiary/aromatic N) is 4. The Hall–Kier alpha value is -3.38. The summed E-state index contributed by atoms with van der Waals surface area (Å²) < 4.78 is 20.6. The van der Waals surface area contributed by atoms with E-state index in [4.69, 9.17) is 18.9 Å². The zero-order valence-electron chi connectivity index (χ0n) is 30.5. The molecule has 1 aromatic carbocycles. The van der Waals surface area contributed by atoms with Gasteiger partial charge in [-0.05, 0) is 43.4 Å². The van der Waals surface area contributed by atoms with Gasteiger partial charge in [0.15, 0.2) is 0 Å². The molecule has 1 heterocycles. The predicted octanol–water partition coefficient (Wildman–Crippen LogP) is -0.535. The van der Waals surface area contributed by atoms with E-state index in [-0.39, 0.29) is 52.4 Å². The van der Waals surface area contributed by atoms with Crippen LogP contribution in [0.1, 0.15) is 38.2 Å². The number of esters is 3. The molecule has 1 saturated heterocycles. The minimum Gasteiger partial charge on any atom is -0.494 e. The molecule has 0 bridgehead atoms. The Bertz CT molecular complexity index is 1170. The molecule has 1 aromatic rings. The summed E-state index contributed by atoms with van der Waals surface area (Å²) in [6.07, 6.45) is 3.43. The van der Waals surface area contributed by atoms with Crippen molar-refractivity contribution in [2.24, 2.45) is 0 Å². The van der Waals surface area contributed by atoms with E-state index in [1.165, 1.54) is 21.3 Å². The highest BCUT2D eigenvalue weighted by molar-refractivity contribution is 5.77. The molecule has 4 N–H and O–H groups in total. The first-order valence-electron chi connectivity index (χ1n) is 17.6. The molecule has 2 rings (SSSR count). The maximum absolute atomic E-state index is 12.8. The summed E-state index contributed by atoms with van der Waals surface area (Å²) in [5, 5.41) is 41.1. The molecule has 1 aliphatic heterocycles. The molecule has 0 spiro atoms. The van der Waals surface area contributed by atoms with Crippen LogP contribution in [0.2, 0.25) is 0 Å². The van der Waals surface area contributed by atoms with E-state index in [0.29, 0.717) is 25.9 Å². The molecular weight excluding hydrogens is 668 g/mol. The Kier molecular flexibility index (Phi) is 20.6. The van der Waals surface area contributed by atoms with Gasteiger partial charge in [-0.25, -0.2) is 0 Å². The maximum atomic E-state index is 12.8. The number of carboxylic acid groups (broad SMARTS) is 1. The van der Waals surface area contributed by atoms with E-state index in [0.717, 1.165) is 24.2 Å². The highest BCUT2D eigenvalue weighted by Gasteiger charge is 2.35. The van der Waals surface area contributed by atoms with Gasteiger partial charge in [-0.1, -0.05) is 25.5 Å². The number of methoxy groups -OCH3 is 3. The lowest BCUT2D eigenvalue weighted by Crippen LogP contribution is -2.57. The average molecular weight is 727 g/mol. The lowest BCUT2D eigenvalue weighted by Gasteiger charge is -2.39. The molecule has 0 aliphatic carbocycles. The quantitative estimate of drug-likeness (QED) is 0.0805. The smallest absolute Gasteiger partial charge is 0.325 e. The standard InChI is InChI=1S/C35H58N4O12/c1-5-6-21-51-27-11-7-9-26(22-27)10-8-12-28(32(43)44)36-13-15-37(29(23-40)33(45)48-2)17-19-39(31(25-42)35(47)50-4)20-18-38(16-14-36)30(24-41)34(46)49-3/h7,9,11,22,28-31,40-42H,5-6,8,10,12-21,23-25H2,1-4H3,(H,43,44). The molecule has 290 valence electrons. The second-order valence-corrected chi connectivity index (χ2v) is 12.4. The third-order valence-electron chi connectivity index (χ3n) is 9.29. The van der Waals surface area contributed by atoms with Crippen LogP contribution in [0.25, 0.3) is 0 Å². The number of hydrogen-bond donors (Lipinski definition) is 4. The topological polar surface area (TPSA) is 199 Å². The van der Waals surface area contributed by atoms with Gasteiger partial charge in [0, 0.05) is 52.4 Å². The number of rotatable bonds is 19. The summed E-state index contributed by atoms with van der Waals surface area (Å²) in [5.41, 5.74) is 1.02. The Morgan fingerprint density at radius 1 is 0.667 bits per heavy atom. The van der Waals surface area contributed by atoms with Crippen LogP contribution in [0, 0.1) is 0 Å².